The molecule has 1 aromatic rings. The minimum absolute atomic E-state index is 0.101. The van der Waals surface area contributed by atoms with E-state index in [9.17, 15) is 4.79 Å². The number of carbonyl (C=O) groups is 1. The molecule has 88 valence electrons. The van der Waals surface area contributed by atoms with Gasteiger partial charge in [-0.1, -0.05) is 11.1 Å². The van der Waals surface area contributed by atoms with Crippen molar-refractivity contribution in [3.63, 3.8) is 0 Å². The maximum absolute atomic E-state index is 11.1. The SMILES string of the molecule is Nc1cccc(SOC(=O)CSOOO)c1. The fourth-order valence-corrected chi connectivity index (χ4v) is 1.67. The lowest BCUT2D eigenvalue weighted by Gasteiger charge is -2.02. The van der Waals surface area contributed by atoms with Crippen LogP contribution >= 0.6 is 24.1 Å². The number of rotatable bonds is 6. The van der Waals surface area contributed by atoms with E-state index >= 15 is 0 Å². The van der Waals surface area contributed by atoms with Crippen LogP contribution in [0.2, 0.25) is 0 Å². The minimum atomic E-state index is -0.519. The van der Waals surface area contributed by atoms with E-state index in [2.05, 4.69) is 9.37 Å². The lowest BCUT2D eigenvalue weighted by molar-refractivity contribution is -0.432. The number of carbonyl (C=O) groups excluding carboxylic acids is 1. The van der Waals surface area contributed by atoms with Crippen LogP contribution in [0.4, 0.5) is 5.69 Å². The van der Waals surface area contributed by atoms with Crippen molar-refractivity contribution in [2.75, 3.05) is 11.5 Å². The van der Waals surface area contributed by atoms with Crippen LogP contribution in [0.3, 0.4) is 0 Å². The summed E-state index contributed by atoms with van der Waals surface area (Å²) in [6, 6.07) is 6.92. The molecule has 8 heteroatoms. The molecule has 0 aliphatic rings. The normalized spacial score (nSPS) is 10.1. The van der Waals surface area contributed by atoms with Gasteiger partial charge in [0.05, 0.1) is 16.9 Å². The summed E-state index contributed by atoms with van der Waals surface area (Å²) >= 11 is 1.51. The quantitative estimate of drug-likeness (QED) is 0.264. The largest absolute Gasteiger partial charge is 0.399 e. The smallest absolute Gasteiger partial charge is 0.330 e. The van der Waals surface area contributed by atoms with E-state index in [0.29, 0.717) is 17.7 Å². The van der Waals surface area contributed by atoms with Gasteiger partial charge >= 0.3 is 5.97 Å². The van der Waals surface area contributed by atoms with Gasteiger partial charge in [0.1, 0.15) is 5.75 Å². The summed E-state index contributed by atoms with van der Waals surface area (Å²) in [6.45, 7) is 0. The molecule has 0 saturated heterocycles. The van der Waals surface area contributed by atoms with Gasteiger partial charge in [-0.15, -0.1) is 4.33 Å². The third kappa shape index (κ3) is 5.24. The first kappa shape index (κ1) is 13.1. The van der Waals surface area contributed by atoms with Crippen LogP contribution in [0.15, 0.2) is 29.2 Å². The van der Waals surface area contributed by atoms with E-state index in [-0.39, 0.29) is 5.75 Å². The summed E-state index contributed by atoms with van der Waals surface area (Å²) in [4.78, 5) is 11.8. The molecule has 6 nitrogen and oxygen atoms in total. The molecule has 0 spiro atoms. The molecule has 0 atom stereocenters. The van der Waals surface area contributed by atoms with Gasteiger partial charge in [0.2, 0.25) is 0 Å². The Labute approximate surface area is 100 Å². The van der Waals surface area contributed by atoms with Crippen LogP contribution in [-0.4, -0.2) is 17.0 Å². The second kappa shape index (κ2) is 7.36. The molecule has 16 heavy (non-hydrogen) atoms. The molecule has 0 bridgehead atoms. The predicted octanol–water partition coefficient (Wildman–Crippen LogP) is 1.89. The van der Waals surface area contributed by atoms with Crippen LogP contribution in [0.5, 0.6) is 0 Å². The molecule has 0 saturated carbocycles. The number of hydrogen-bond acceptors (Lipinski definition) is 8. The Bertz CT molecular complexity index is 349. The molecule has 1 aromatic carbocycles. The molecule has 3 N–H and O–H groups in total. The van der Waals surface area contributed by atoms with Gasteiger partial charge in [0.25, 0.3) is 0 Å². The fourth-order valence-electron chi connectivity index (χ4n) is 0.779. The molecule has 0 aliphatic carbocycles. The summed E-state index contributed by atoms with van der Waals surface area (Å²) in [6.07, 6.45) is 0. The van der Waals surface area contributed by atoms with Crippen molar-refractivity contribution in [1.82, 2.24) is 0 Å². The molecule has 0 aliphatic heterocycles. The molecular formula is C8H9NO5S2. The predicted molar refractivity (Wildman–Crippen MR) is 60.1 cm³/mol. The van der Waals surface area contributed by atoms with Gasteiger partial charge in [0, 0.05) is 17.7 Å². The monoisotopic (exact) mass is 263 g/mol. The Morgan fingerprint density at radius 3 is 3.00 bits per heavy atom. The number of nitrogen functional groups attached to an aromatic ring is 1. The van der Waals surface area contributed by atoms with Crippen molar-refractivity contribution in [2.24, 2.45) is 0 Å². The molecule has 0 radical (unpaired) electrons. The Hall–Kier alpha value is -0.930. The number of benzene rings is 1. The van der Waals surface area contributed by atoms with Crippen LogP contribution in [0.25, 0.3) is 0 Å². The van der Waals surface area contributed by atoms with E-state index in [1.807, 2.05) is 0 Å². The van der Waals surface area contributed by atoms with Crippen LogP contribution in [0.1, 0.15) is 0 Å². The third-order valence-corrected chi connectivity index (χ3v) is 2.57. The third-order valence-electron chi connectivity index (χ3n) is 1.34. The minimum Gasteiger partial charge on any atom is -0.399 e. The number of anilines is 1. The van der Waals surface area contributed by atoms with Crippen LogP contribution < -0.4 is 5.73 Å². The van der Waals surface area contributed by atoms with Crippen molar-refractivity contribution >= 4 is 35.7 Å². The first-order valence-electron chi connectivity index (χ1n) is 4.05. The topological polar surface area (TPSA) is 91.0 Å². The zero-order chi connectivity index (χ0) is 11.8. The van der Waals surface area contributed by atoms with Crippen molar-refractivity contribution < 1.29 is 23.6 Å². The van der Waals surface area contributed by atoms with Crippen molar-refractivity contribution in [3.05, 3.63) is 24.3 Å². The molecular weight excluding hydrogens is 254 g/mol. The molecule has 0 amide bonds. The van der Waals surface area contributed by atoms with Gasteiger partial charge in [-0.25, -0.2) is 5.26 Å². The van der Waals surface area contributed by atoms with E-state index in [0.717, 1.165) is 16.9 Å². The van der Waals surface area contributed by atoms with Crippen molar-refractivity contribution in [3.8, 4) is 0 Å². The second-order valence-corrected chi connectivity index (χ2v) is 3.98. The lowest BCUT2D eigenvalue weighted by atomic mass is 10.3. The molecule has 0 aromatic heterocycles. The van der Waals surface area contributed by atoms with E-state index in [1.54, 1.807) is 24.3 Å². The molecule has 1 rings (SSSR count). The zero-order valence-corrected chi connectivity index (χ0v) is 9.62. The van der Waals surface area contributed by atoms with Crippen LogP contribution in [0, 0.1) is 0 Å². The van der Waals surface area contributed by atoms with Crippen molar-refractivity contribution in [2.45, 2.75) is 4.90 Å². The highest BCUT2D eigenvalue weighted by Crippen LogP contribution is 2.21. The molecule has 0 unspecified atom stereocenters. The zero-order valence-electron chi connectivity index (χ0n) is 7.99. The number of hydrogen-bond donors (Lipinski definition) is 2. The van der Waals surface area contributed by atoms with Crippen LogP contribution in [-0.2, 0) is 18.3 Å². The maximum atomic E-state index is 11.1. The summed E-state index contributed by atoms with van der Waals surface area (Å²) < 4.78 is 8.83. The van der Waals surface area contributed by atoms with E-state index in [4.69, 9.17) is 15.2 Å². The van der Waals surface area contributed by atoms with Gasteiger partial charge in [-0.05, 0) is 18.2 Å². The average molecular weight is 263 g/mol. The highest BCUT2D eigenvalue weighted by molar-refractivity contribution is 7.96. The van der Waals surface area contributed by atoms with Gasteiger partial charge in [0.15, 0.2) is 0 Å². The molecule has 0 fully saturated rings. The Morgan fingerprint density at radius 2 is 2.31 bits per heavy atom. The average Bonchev–Trinajstić information content (AvgIpc) is 2.27. The van der Waals surface area contributed by atoms with E-state index in [1.165, 1.54) is 0 Å². The Morgan fingerprint density at radius 1 is 1.50 bits per heavy atom. The van der Waals surface area contributed by atoms with Gasteiger partial charge in [-0.2, -0.15) is 0 Å². The van der Waals surface area contributed by atoms with E-state index < -0.39 is 5.97 Å². The molecule has 0 heterocycles. The summed E-state index contributed by atoms with van der Waals surface area (Å²) in [5, 5.41) is 11.1. The summed E-state index contributed by atoms with van der Waals surface area (Å²) in [7, 11) is 0. The van der Waals surface area contributed by atoms with Crippen molar-refractivity contribution in [1.29, 1.82) is 0 Å². The Kier molecular flexibility index (Phi) is 6.04. The maximum Gasteiger partial charge on any atom is 0.330 e. The lowest BCUT2D eigenvalue weighted by Crippen LogP contribution is -2.02. The first-order chi connectivity index (χ1) is 7.72. The summed E-state index contributed by atoms with van der Waals surface area (Å²) in [5.74, 6) is -0.620. The summed E-state index contributed by atoms with van der Waals surface area (Å²) in [5.41, 5.74) is 6.13. The Balaban J connectivity index is 2.26. The van der Waals surface area contributed by atoms with Gasteiger partial charge < -0.3 is 9.92 Å². The first-order valence-corrected chi connectivity index (χ1v) is 5.70. The highest BCUT2D eigenvalue weighted by atomic mass is 32.2. The standard InChI is InChI=1S/C8H9NO5S2/c9-6-2-1-3-7(4-6)16-12-8(10)5-15-14-13-11/h1-4,11H,5,9H2. The number of nitrogens with two attached hydrogens (primary N) is 1. The van der Waals surface area contributed by atoms with Gasteiger partial charge in [-0.3, -0.25) is 4.79 Å². The highest BCUT2D eigenvalue weighted by Gasteiger charge is 2.06. The second-order valence-electron chi connectivity index (χ2n) is 2.52. The fraction of sp³-hybridized carbons (Fsp3) is 0.125.